The van der Waals surface area contributed by atoms with Gasteiger partial charge in [0.2, 0.25) is 0 Å². The van der Waals surface area contributed by atoms with Crippen LogP contribution in [0, 0.1) is 0 Å². The zero-order chi connectivity index (χ0) is 16.1. The SMILES string of the molecule is COc1cc(OC)cc(C(CC(=O)CCl)CC2OC(C)O2)c1. The fourth-order valence-corrected chi connectivity index (χ4v) is 2.62. The Morgan fingerprint density at radius 2 is 1.82 bits per heavy atom. The molecule has 0 saturated carbocycles. The van der Waals surface area contributed by atoms with E-state index >= 15 is 0 Å². The van der Waals surface area contributed by atoms with Gasteiger partial charge < -0.3 is 18.9 Å². The van der Waals surface area contributed by atoms with Crippen molar-refractivity contribution in [3.63, 3.8) is 0 Å². The minimum absolute atomic E-state index is 0.000384. The number of Topliss-reactive ketones (excluding diaryl/α,β-unsaturated/α-hetero) is 1. The second-order valence-corrected chi connectivity index (χ2v) is 5.49. The molecule has 0 aliphatic carbocycles. The highest BCUT2D eigenvalue weighted by Crippen LogP contribution is 2.35. The zero-order valence-electron chi connectivity index (χ0n) is 13.0. The van der Waals surface area contributed by atoms with Crippen LogP contribution in [0.15, 0.2) is 18.2 Å². The Hall–Kier alpha value is -1.30. The number of rotatable bonds is 8. The first-order chi connectivity index (χ1) is 10.5. The van der Waals surface area contributed by atoms with E-state index < -0.39 is 0 Å². The largest absolute Gasteiger partial charge is 0.497 e. The number of benzene rings is 1. The predicted octanol–water partition coefficient (Wildman–Crippen LogP) is 3.09. The molecule has 0 spiro atoms. The number of carbonyl (C=O) groups is 1. The first-order valence-corrected chi connectivity index (χ1v) is 7.70. The summed E-state index contributed by atoms with van der Waals surface area (Å²) in [5.74, 6) is 1.29. The highest BCUT2D eigenvalue weighted by molar-refractivity contribution is 6.27. The van der Waals surface area contributed by atoms with Gasteiger partial charge in [0.05, 0.1) is 20.1 Å². The molecule has 0 aromatic heterocycles. The number of hydrogen-bond donors (Lipinski definition) is 0. The molecular weight excluding hydrogens is 308 g/mol. The quantitative estimate of drug-likeness (QED) is 0.686. The maximum absolute atomic E-state index is 11.8. The van der Waals surface area contributed by atoms with Crippen molar-refractivity contribution in [1.29, 1.82) is 0 Å². The van der Waals surface area contributed by atoms with Crippen molar-refractivity contribution in [3.8, 4) is 11.5 Å². The van der Waals surface area contributed by atoms with Crippen LogP contribution in [0.5, 0.6) is 11.5 Å². The Morgan fingerprint density at radius 3 is 2.27 bits per heavy atom. The van der Waals surface area contributed by atoms with Crippen molar-refractivity contribution >= 4 is 17.4 Å². The van der Waals surface area contributed by atoms with E-state index in [0.29, 0.717) is 24.3 Å². The second-order valence-electron chi connectivity index (χ2n) is 5.22. The van der Waals surface area contributed by atoms with Gasteiger partial charge in [-0.2, -0.15) is 0 Å². The second kappa shape index (κ2) is 7.81. The van der Waals surface area contributed by atoms with Gasteiger partial charge in [-0.3, -0.25) is 4.79 Å². The Bertz CT molecular complexity index is 491. The average Bonchev–Trinajstić information content (AvgIpc) is 2.51. The van der Waals surface area contributed by atoms with E-state index in [1.54, 1.807) is 20.3 Å². The maximum Gasteiger partial charge on any atom is 0.164 e. The number of alkyl halides is 1. The van der Waals surface area contributed by atoms with Crippen molar-refractivity contribution in [1.82, 2.24) is 0 Å². The fourth-order valence-electron chi connectivity index (χ4n) is 2.51. The van der Waals surface area contributed by atoms with Crippen LogP contribution in [0.2, 0.25) is 0 Å². The van der Waals surface area contributed by atoms with Crippen molar-refractivity contribution in [2.45, 2.75) is 38.3 Å². The third-order valence-corrected chi connectivity index (χ3v) is 3.93. The first-order valence-electron chi connectivity index (χ1n) is 7.17. The number of carbonyl (C=O) groups excluding carboxylic acids is 1. The standard InChI is InChI=1S/C16H21ClO5/c1-10-21-16(22-10)7-11(4-13(18)9-17)12-5-14(19-2)8-15(6-12)20-3/h5-6,8,10-11,16H,4,7,9H2,1-3H3. The van der Waals surface area contributed by atoms with E-state index in [2.05, 4.69) is 0 Å². The average molecular weight is 329 g/mol. The molecule has 1 aromatic rings. The summed E-state index contributed by atoms with van der Waals surface area (Å²) in [6.45, 7) is 1.84. The first kappa shape index (κ1) is 17.1. The number of ketones is 1. The molecule has 1 fully saturated rings. The van der Waals surface area contributed by atoms with Gasteiger partial charge in [-0.15, -0.1) is 11.6 Å². The topological polar surface area (TPSA) is 54.0 Å². The molecule has 122 valence electrons. The van der Waals surface area contributed by atoms with Crippen LogP contribution in [-0.2, 0) is 14.3 Å². The minimum Gasteiger partial charge on any atom is -0.497 e. The lowest BCUT2D eigenvalue weighted by Gasteiger charge is -2.36. The molecule has 6 heteroatoms. The molecule has 1 aliphatic rings. The highest BCUT2D eigenvalue weighted by Gasteiger charge is 2.31. The lowest BCUT2D eigenvalue weighted by atomic mass is 9.90. The monoisotopic (exact) mass is 328 g/mol. The minimum atomic E-state index is -0.291. The summed E-state index contributed by atoms with van der Waals surface area (Å²) in [7, 11) is 3.19. The number of ether oxygens (including phenoxy) is 4. The third-order valence-electron chi connectivity index (χ3n) is 3.63. The van der Waals surface area contributed by atoms with Crippen molar-refractivity contribution in [2.24, 2.45) is 0 Å². The number of halogens is 1. The summed E-state index contributed by atoms with van der Waals surface area (Å²) < 4.78 is 21.6. The summed E-state index contributed by atoms with van der Waals surface area (Å²) in [6.07, 6.45) is 0.440. The van der Waals surface area contributed by atoms with Crippen LogP contribution >= 0.6 is 11.6 Å². The molecule has 0 bridgehead atoms. The molecule has 1 aromatic carbocycles. The number of hydrogen-bond acceptors (Lipinski definition) is 5. The van der Waals surface area contributed by atoms with E-state index in [1.165, 1.54) is 0 Å². The molecule has 1 heterocycles. The molecule has 2 rings (SSSR count). The summed E-state index contributed by atoms with van der Waals surface area (Å²) in [5.41, 5.74) is 0.946. The van der Waals surface area contributed by atoms with E-state index in [4.69, 9.17) is 30.5 Å². The van der Waals surface area contributed by atoms with Crippen LogP contribution in [0.1, 0.15) is 31.2 Å². The van der Waals surface area contributed by atoms with Gasteiger partial charge in [0.25, 0.3) is 0 Å². The van der Waals surface area contributed by atoms with Crippen molar-refractivity contribution < 1.29 is 23.7 Å². The predicted molar refractivity (Wildman–Crippen MR) is 82.7 cm³/mol. The van der Waals surface area contributed by atoms with Crippen LogP contribution in [0.3, 0.4) is 0 Å². The van der Waals surface area contributed by atoms with Crippen LogP contribution in [0.25, 0.3) is 0 Å². The molecular formula is C16H21ClO5. The molecule has 1 saturated heterocycles. The van der Waals surface area contributed by atoms with E-state index in [0.717, 1.165) is 5.56 Å². The molecule has 5 nitrogen and oxygen atoms in total. The summed E-state index contributed by atoms with van der Waals surface area (Å²) in [6, 6.07) is 5.59. The summed E-state index contributed by atoms with van der Waals surface area (Å²) in [5, 5.41) is 0. The van der Waals surface area contributed by atoms with Gasteiger partial charge >= 0.3 is 0 Å². The fraction of sp³-hybridized carbons (Fsp3) is 0.562. The molecule has 1 aliphatic heterocycles. The van der Waals surface area contributed by atoms with Crippen LogP contribution in [0.4, 0.5) is 0 Å². The van der Waals surface area contributed by atoms with Gasteiger partial charge in [-0.1, -0.05) is 0 Å². The molecule has 0 amide bonds. The molecule has 0 N–H and O–H groups in total. The molecule has 1 unspecified atom stereocenters. The van der Waals surface area contributed by atoms with Gasteiger partial charge in [-0.05, 0) is 30.5 Å². The Labute approximate surface area is 135 Å². The van der Waals surface area contributed by atoms with Gasteiger partial charge in [0.1, 0.15) is 17.3 Å². The smallest absolute Gasteiger partial charge is 0.164 e. The zero-order valence-corrected chi connectivity index (χ0v) is 13.8. The van der Waals surface area contributed by atoms with E-state index in [9.17, 15) is 4.79 Å². The van der Waals surface area contributed by atoms with Crippen molar-refractivity contribution in [3.05, 3.63) is 23.8 Å². The molecule has 1 atom stereocenters. The number of methoxy groups -OCH3 is 2. The lowest BCUT2D eigenvalue weighted by molar-refractivity contribution is -0.378. The lowest BCUT2D eigenvalue weighted by Crippen LogP contribution is -2.39. The summed E-state index contributed by atoms with van der Waals surface area (Å²) >= 11 is 5.65. The van der Waals surface area contributed by atoms with Crippen molar-refractivity contribution in [2.75, 3.05) is 20.1 Å². The maximum atomic E-state index is 11.8. The van der Waals surface area contributed by atoms with Crippen LogP contribution < -0.4 is 9.47 Å². The van der Waals surface area contributed by atoms with Crippen LogP contribution in [-0.4, -0.2) is 38.5 Å². The Morgan fingerprint density at radius 1 is 1.23 bits per heavy atom. The van der Waals surface area contributed by atoms with Gasteiger partial charge in [0.15, 0.2) is 12.6 Å². The van der Waals surface area contributed by atoms with E-state index in [1.807, 2.05) is 19.1 Å². The highest BCUT2D eigenvalue weighted by atomic mass is 35.5. The third kappa shape index (κ3) is 4.35. The Kier molecular flexibility index (Phi) is 6.06. The van der Waals surface area contributed by atoms with E-state index in [-0.39, 0.29) is 30.2 Å². The molecule has 0 radical (unpaired) electrons. The Balaban J connectivity index is 2.20. The normalized spacial score (nSPS) is 21.8. The van der Waals surface area contributed by atoms with Gasteiger partial charge in [0, 0.05) is 18.9 Å². The molecule has 22 heavy (non-hydrogen) atoms. The summed E-state index contributed by atoms with van der Waals surface area (Å²) in [4.78, 5) is 11.8. The van der Waals surface area contributed by atoms with Gasteiger partial charge in [-0.25, -0.2) is 0 Å².